The van der Waals surface area contributed by atoms with Crippen molar-refractivity contribution in [3.8, 4) is 0 Å². The second-order valence-corrected chi connectivity index (χ2v) is 6.00. The second-order valence-electron chi connectivity index (χ2n) is 6.00. The number of imidazole rings is 1. The van der Waals surface area contributed by atoms with Crippen LogP contribution in [0.1, 0.15) is 44.7 Å². The molecular weight excluding hydrogens is 236 g/mol. The molecule has 1 saturated heterocycles. The minimum Gasteiger partial charge on any atom is -0.334 e. The van der Waals surface area contributed by atoms with Gasteiger partial charge in [0.05, 0.1) is 6.33 Å². The SMILES string of the molecule is CC(C)C(CN)c1cncn1CCCN1CCCC1. The van der Waals surface area contributed by atoms with E-state index in [1.165, 1.54) is 44.6 Å². The number of likely N-dealkylation sites (tertiary alicyclic amines) is 1. The van der Waals surface area contributed by atoms with E-state index in [2.05, 4.69) is 28.3 Å². The maximum Gasteiger partial charge on any atom is 0.0948 e. The Labute approximate surface area is 117 Å². The molecule has 4 nitrogen and oxygen atoms in total. The first kappa shape index (κ1) is 14.5. The lowest BCUT2D eigenvalue weighted by Crippen LogP contribution is -2.23. The quantitative estimate of drug-likeness (QED) is 0.820. The van der Waals surface area contributed by atoms with Crippen LogP contribution in [0.3, 0.4) is 0 Å². The topological polar surface area (TPSA) is 47.1 Å². The van der Waals surface area contributed by atoms with Gasteiger partial charge in [-0.15, -0.1) is 0 Å². The molecule has 1 unspecified atom stereocenters. The summed E-state index contributed by atoms with van der Waals surface area (Å²) in [6.07, 6.45) is 7.91. The molecule has 1 aromatic rings. The van der Waals surface area contributed by atoms with Crippen LogP contribution in [-0.4, -0.2) is 40.6 Å². The fourth-order valence-electron chi connectivity index (χ4n) is 3.03. The molecular formula is C15H28N4. The molecule has 108 valence electrons. The number of nitrogens with two attached hydrogens (primary N) is 1. The highest BCUT2D eigenvalue weighted by Crippen LogP contribution is 2.23. The second kappa shape index (κ2) is 7.06. The maximum atomic E-state index is 5.91. The van der Waals surface area contributed by atoms with E-state index in [0.29, 0.717) is 18.4 Å². The summed E-state index contributed by atoms with van der Waals surface area (Å²) in [7, 11) is 0. The van der Waals surface area contributed by atoms with E-state index in [-0.39, 0.29) is 0 Å². The Hall–Kier alpha value is -0.870. The van der Waals surface area contributed by atoms with Crippen LogP contribution >= 0.6 is 0 Å². The van der Waals surface area contributed by atoms with Crippen molar-refractivity contribution in [2.45, 2.75) is 45.6 Å². The molecule has 0 aromatic carbocycles. The largest absolute Gasteiger partial charge is 0.334 e. The van der Waals surface area contributed by atoms with Gasteiger partial charge in [-0.2, -0.15) is 0 Å². The minimum absolute atomic E-state index is 0.425. The van der Waals surface area contributed by atoms with Crippen molar-refractivity contribution in [1.29, 1.82) is 0 Å². The summed E-state index contributed by atoms with van der Waals surface area (Å²) in [4.78, 5) is 6.89. The first-order valence-corrected chi connectivity index (χ1v) is 7.64. The van der Waals surface area contributed by atoms with E-state index in [0.717, 1.165) is 6.54 Å². The maximum absolute atomic E-state index is 5.91. The molecule has 2 heterocycles. The molecule has 0 bridgehead atoms. The predicted molar refractivity (Wildman–Crippen MR) is 79.2 cm³/mol. The van der Waals surface area contributed by atoms with E-state index < -0.39 is 0 Å². The van der Waals surface area contributed by atoms with Crippen molar-refractivity contribution >= 4 is 0 Å². The van der Waals surface area contributed by atoms with Crippen molar-refractivity contribution in [2.75, 3.05) is 26.2 Å². The molecule has 1 atom stereocenters. The first-order chi connectivity index (χ1) is 9.22. The Bertz CT molecular complexity index is 366. The molecule has 1 aliphatic rings. The van der Waals surface area contributed by atoms with Crippen molar-refractivity contribution in [2.24, 2.45) is 11.7 Å². The van der Waals surface area contributed by atoms with E-state index in [1.807, 2.05) is 12.5 Å². The number of hydrogen-bond acceptors (Lipinski definition) is 3. The summed E-state index contributed by atoms with van der Waals surface area (Å²) in [5, 5.41) is 0. The van der Waals surface area contributed by atoms with E-state index in [9.17, 15) is 0 Å². The van der Waals surface area contributed by atoms with Gasteiger partial charge >= 0.3 is 0 Å². The molecule has 19 heavy (non-hydrogen) atoms. The van der Waals surface area contributed by atoms with Crippen molar-refractivity contribution in [3.05, 3.63) is 18.2 Å². The van der Waals surface area contributed by atoms with Gasteiger partial charge in [-0.3, -0.25) is 0 Å². The molecule has 2 rings (SSSR count). The van der Waals surface area contributed by atoms with Gasteiger partial charge in [-0.05, 0) is 44.8 Å². The molecule has 0 saturated carbocycles. The third-order valence-electron chi connectivity index (χ3n) is 4.26. The van der Waals surface area contributed by atoms with Gasteiger partial charge in [0.2, 0.25) is 0 Å². The number of aromatic nitrogens is 2. The lowest BCUT2D eigenvalue weighted by molar-refractivity contribution is 0.323. The highest BCUT2D eigenvalue weighted by atomic mass is 15.1. The number of nitrogens with zero attached hydrogens (tertiary/aromatic N) is 3. The molecule has 0 radical (unpaired) electrons. The normalized spacial score (nSPS) is 18.3. The van der Waals surface area contributed by atoms with Crippen LogP contribution in [-0.2, 0) is 6.54 Å². The van der Waals surface area contributed by atoms with Gasteiger partial charge in [0.25, 0.3) is 0 Å². The predicted octanol–water partition coefficient (Wildman–Crippen LogP) is 2.07. The van der Waals surface area contributed by atoms with Crippen molar-refractivity contribution < 1.29 is 0 Å². The third-order valence-corrected chi connectivity index (χ3v) is 4.26. The fraction of sp³-hybridized carbons (Fsp3) is 0.800. The van der Waals surface area contributed by atoms with Gasteiger partial charge in [0.1, 0.15) is 0 Å². The van der Waals surface area contributed by atoms with Gasteiger partial charge < -0.3 is 15.2 Å². The third kappa shape index (κ3) is 3.80. The lowest BCUT2D eigenvalue weighted by Gasteiger charge is -2.21. The molecule has 4 heteroatoms. The number of rotatable bonds is 7. The highest BCUT2D eigenvalue weighted by Gasteiger charge is 2.18. The van der Waals surface area contributed by atoms with Gasteiger partial charge in [-0.1, -0.05) is 13.8 Å². The average Bonchev–Trinajstić information content (AvgIpc) is 3.02. The molecule has 1 aliphatic heterocycles. The van der Waals surface area contributed by atoms with Crippen LogP contribution in [0.25, 0.3) is 0 Å². The van der Waals surface area contributed by atoms with Crippen LogP contribution in [0, 0.1) is 5.92 Å². The molecule has 1 fully saturated rings. The molecule has 1 aromatic heterocycles. The standard InChI is InChI=1S/C15H28N4/c1-13(2)14(10-16)15-11-17-12-19(15)9-5-8-18-6-3-4-7-18/h11-14H,3-10,16H2,1-2H3. The first-order valence-electron chi connectivity index (χ1n) is 7.64. The molecule has 2 N–H and O–H groups in total. The fourth-order valence-corrected chi connectivity index (χ4v) is 3.03. The summed E-state index contributed by atoms with van der Waals surface area (Å²) in [6.45, 7) is 10.0. The zero-order valence-electron chi connectivity index (χ0n) is 12.4. The lowest BCUT2D eigenvalue weighted by atomic mass is 9.93. The van der Waals surface area contributed by atoms with Crippen LogP contribution in [0.5, 0.6) is 0 Å². The molecule has 0 spiro atoms. The summed E-state index contributed by atoms with van der Waals surface area (Å²) in [5.74, 6) is 0.994. The van der Waals surface area contributed by atoms with E-state index >= 15 is 0 Å². The summed E-state index contributed by atoms with van der Waals surface area (Å²) < 4.78 is 2.30. The summed E-state index contributed by atoms with van der Waals surface area (Å²) >= 11 is 0. The smallest absolute Gasteiger partial charge is 0.0948 e. The monoisotopic (exact) mass is 264 g/mol. The summed E-state index contributed by atoms with van der Waals surface area (Å²) in [6, 6.07) is 0. The Morgan fingerprint density at radius 1 is 1.26 bits per heavy atom. The van der Waals surface area contributed by atoms with E-state index in [1.54, 1.807) is 0 Å². The van der Waals surface area contributed by atoms with Gasteiger partial charge in [-0.25, -0.2) is 4.98 Å². The zero-order valence-corrected chi connectivity index (χ0v) is 12.4. The van der Waals surface area contributed by atoms with Crippen LogP contribution in [0.2, 0.25) is 0 Å². The zero-order chi connectivity index (χ0) is 13.7. The Morgan fingerprint density at radius 2 is 2.00 bits per heavy atom. The Balaban J connectivity index is 1.87. The van der Waals surface area contributed by atoms with Crippen LogP contribution in [0.4, 0.5) is 0 Å². The number of aryl methyl sites for hydroxylation is 1. The van der Waals surface area contributed by atoms with Crippen molar-refractivity contribution in [3.63, 3.8) is 0 Å². The minimum atomic E-state index is 0.425. The van der Waals surface area contributed by atoms with Gasteiger partial charge in [0, 0.05) is 30.9 Å². The average molecular weight is 264 g/mol. The van der Waals surface area contributed by atoms with Crippen molar-refractivity contribution in [1.82, 2.24) is 14.5 Å². The van der Waals surface area contributed by atoms with Crippen LogP contribution in [0.15, 0.2) is 12.5 Å². The number of hydrogen-bond donors (Lipinski definition) is 1. The van der Waals surface area contributed by atoms with E-state index in [4.69, 9.17) is 5.73 Å². The molecule has 0 aliphatic carbocycles. The highest BCUT2D eigenvalue weighted by molar-refractivity contribution is 5.08. The van der Waals surface area contributed by atoms with Gasteiger partial charge in [0.15, 0.2) is 0 Å². The summed E-state index contributed by atoms with van der Waals surface area (Å²) in [5.41, 5.74) is 7.22. The molecule has 0 amide bonds. The Morgan fingerprint density at radius 3 is 2.63 bits per heavy atom. The van der Waals surface area contributed by atoms with Crippen LogP contribution < -0.4 is 5.73 Å². The Kier molecular flexibility index (Phi) is 5.40.